The molecule has 23 nitrogen and oxygen atoms in total. The molecule has 0 aliphatic carbocycles. The minimum atomic E-state index is -0.364. The van der Waals surface area contributed by atoms with Gasteiger partial charge in [-0.25, -0.2) is 34.6 Å². The van der Waals surface area contributed by atoms with Crippen LogP contribution in [-0.2, 0) is 56.2 Å². The second-order valence-electron chi connectivity index (χ2n) is 17.7. The fourth-order valence-electron chi connectivity index (χ4n) is 9.11. The Morgan fingerprint density at radius 1 is 0.722 bits per heavy atom. The lowest BCUT2D eigenvalue weighted by molar-refractivity contribution is -0.133. The number of amides is 2. The van der Waals surface area contributed by atoms with Gasteiger partial charge in [0.15, 0.2) is 5.65 Å². The quantitative estimate of drug-likeness (QED) is 0.0643. The Kier molecular flexibility index (Phi) is 15.2. The van der Waals surface area contributed by atoms with Crippen molar-refractivity contribution in [3.05, 3.63) is 95.0 Å². The van der Waals surface area contributed by atoms with Crippen molar-refractivity contribution in [3.63, 3.8) is 0 Å². The summed E-state index contributed by atoms with van der Waals surface area (Å²) in [5, 5.41) is 12.8. The lowest BCUT2D eigenvalue weighted by atomic mass is 9.97. The number of aromatic nitrogens is 10. The van der Waals surface area contributed by atoms with Crippen LogP contribution in [0.2, 0.25) is 0 Å². The predicted octanol–water partition coefficient (Wildman–Crippen LogP) is 1.91. The first kappa shape index (κ1) is 48.2. The molecule has 0 bridgehead atoms. The van der Waals surface area contributed by atoms with Crippen molar-refractivity contribution in [1.82, 2.24) is 65.2 Å². The number of rotatable bonds is 21. The van der Waals surface area contributed by atoms with E-state index in [-0.39, 0.29) is 23.2 Å². The van der Waals surface area contributed by atoms with Crippen LogP contribution in [0.3, 0.4) is 0 Å². The highest BCUT2D eigenvalue weighted by Gasteiger charge is 2.25. The van der Waals surface area contributed by atoms with Crippen LogP contribution >= 0.6 is 0 Å². The lowest BCUT2D eigenvalue weighted by Gasteiger charge is -2.35. The van der Waals surface area contributed by atoms with Crippen LogP contribution in [0.25, 0.3) is 33.3 Å². The third-order valence-corrected chi connectivity index (χ3v) is 13.0. The highest BCUT2D eigenvalue weighted by molar-refractivity contribution is 5.99. The topological polar surface area (TPSA) is 281 Å². The number of piperazine rings is 1. The van der Waals surface area contributed by atoms with Crippen LogP contribution in [0.1, 0.15) is 44.7 Å². The van der Waals surface area contributed by atoms with Crippen molar-refractivity contribution in [1.29, 1.82) is 0 Å². The molecule has 3 aliphatic rings. The Balaban J connectivity index is 0.554. The molecule has 9 heterocycles. The van der Waals surface area contributed by atoms with Gasteiger partial charge in [0.1, 0.15) is 29.3 Å². The van der Waals surface area contributed by atoms with E-state index in [1.807, 2.05) is 39.0 Å². The van der Waals surface area contributed by atoms with E-state index in [0.717, 1.165) is 84.0 Å². The van der Waals surface area contributed by atoms with Gasteiger partial charge in [-0.3, -0.25) is 9.59 Å². The maximum Gasteiger partial charge on any atom is 0.256 e. The zero-order chi connectivity index (χ0) is 49.2. The Hall–Kier alpha value is -7.44. The number of pyridine rings is 1. The summed E-state index contributed by atoms with van der Waals surface area (Å²) in [5.74, 6) is 1.42. The molecule has 6 aromatic heterocycles. The maximum atomic E-state index is 13.1. The first-order chi connectivity index (χ1) is 35.3. The summed E-state index contributed by atoms with van der Waals surface area (Å²) in [7, 11) is 0. The number of nitrogens with two attached hydrogens (primary N) is 2. The van der Waals surface area contributed by atoms with E-state index < -0.39 is 0 Å². The lowest BCUT2D eigenvalue weighted by Crippen LogP contribution is -2.48. The van der Waals surface area contributed by atoms with Gasteiger partial charge in [-0.1, -0.05) is 18.2 Å². The number of carbonyl (C=O) groups excluding carboxylic acids is 2. The molecule has 10 rings (SSSR count). The highest BCUT2D eigenvalue weighted by Crippen LogP contribution is 2.32. The number of aromatic amines is 1. The van der Waals surface area contributed by atoms with Crippen LogP contribution in [0.15, 0.2) is 61.4 Å². The zero-order valence-electron chi connectivity index (χ0n) is 40.1. The molecule has 0 spiro atoms. The molecule has 376 valence electrons. The standard InChI is InChI=1S/C49H59N17O6/c50-43-38(28-57-49(61-43)64-13-11-63(12-14-64)48-56-27-37-25-52-7-4-39(37)60-48)47(68)54-9-16-70-18-20-72-22-21-71-19-17-69-15-6-40(67)65-10-5-33-23-32(1-2-35(33)30-65)29-66-46-41(44(51)58-31-59-46)42(62-66)36-24-34-3-8-53-45(34)55-26-36/h1-3,8,23-24,26-28,31,52H,4-7,9-22,25,29-30H2,(H,53,55)(H,54,68)(H2,50,57,61)(H2,51,58,59). The minimum Gasteiger partial charge on any atom is -0.383 e. The molecule has 1 saturated heterocycles. The third-order valence-electron chi connectivity index (χ3n) is 13.0. The summed E-state index contributed by atoms with van der Waals surface area (Å²) in [6.45, 7) is 9.47. The van der Waals surface area contributed by atoms with Crippen molar-refractivity contribution in [2.24, 2.45) is 0 Å². The number of benzene rings is 1. The molecule has 0 radical (unpaired) electrons. The first-order valence-electron chi connectivity index (χ1n) is 24.4. The fourth-order valence-corrected chi connectivity index (χ4v) is 9.11. The van der Waals surface area contributed by atoms with Crippen LogP contribution < -0.4 is 31.9 Å². The third kappa shape index (κ3) is 11.3. The van der Waals surface area contributed by atoms with E-state index in [0.29, 0.717) is 127 Å². The van der Waals surface area contributed by atoms with E-state index in [9.17, 15) is 9.59 Å². The zero-order valence-corrected chi connectivity index (χ0v) is 40.1. The van der Waals surface area contributed by atoms with Gasteiger partial charge in [-0.2, -0.15) is 10.1 Å². The number of hydrogen-bond acceptors (Lipinski definition) is 19. The van der Waals surface area contributed by atoms with Crippen LogP contribution in [0.5, 0.6) is 0 Å². The molecular formula is C49H59N17O6. The molecular weight excluding hydrogens is 923 g/mol. The van der Waals surface area contributed by atoms with Gasteiger partial charge in [0.2, 0.25) is 17.8 Å². The Morgan fingerprint density at radius 3 is 2.26 bits per heavy atom. The van der Waals surface area contributed by atoms with E-state index in [1.165, 1.54) is 18.1 Å². The number of nitrogens with one attached hydrogen (secondary N) is 3. The van der Waals surface area contributed by atoms with Crippen LogP contribution in [0.4, 0.5) is 23.5 Å². The summed E-state index contributed by atoms with van der Waals surface area (Å²) in [4.78, 5) is 66.7. The minimum absolute atomic E-state index is 0.0605. The van der Waals surface area contributed by atoms with E-state index in [4.69, 9.17) is 40.5 Å². The predicted molar refractivity (Wildman–Crippen MR) is 268 cm³/mol. The Bertz CT molecular complexity index is 3010. The first-order valence-corrected chi connectivity index (χ1v) is 24.4. The van der Waals surface area contributed by atoms with Gasteiger partial charge >= 0.3 is 0 Å². The van der Waals surface area contributed by atoms with Gasteiger partial charge in [0.05, 0.1) is 82.5 Å². The summed E-state index contributed by atoms with van der Waals surface area (Å²) in [6.07, 6.45) is 10.4. The SMILES string of the molecule is Nc1nc(N2CCN(c3ncc4c(n3)CCNC4)CC2)ncc1C(=O)NCCOCCOCCOCCOCCC(=O)N1CCc2cc(Cn3nc(-c4cnc5[nH]ccc5c4)c4c(N)ncnc43)ccc2C1. The van der Waals surface area contributed by atoms with Crippen molar-refractivity contribution in [2.75, 3.05) is 120 Å². The summed E-state index contributed by atoms with van der Waals surface area (Å²) < 4.78 is 24.4. The average Bonchev–Trinajstić information content (AvgIpc) is 4.04. The molecule has 23 heteroatoms. The van der Waals surface area contributed by atoms with Crippen molar-refractivity contribution >= 4 is 57.4 Å². The number of nitrogen functional groups attached to an aromatic ring is 2. The number of nitrogens with zero attached hydrogens (tertiary/aromatic N) is 12. The van der Waals surface area contributed by atoms with Crippen LogP contribution in [0, 0.1) is 0 Å². The summed E-state index contributed by atoms with van der Waals surface area (Å²) in [5.41, 5.74) is 21.4. The van der Waals surface area contributed by atoms with Crippen molar-refractivity contribution in [3.8, 4) is 11.3 Å². The highest BCUT2D eigenvalue weighted by atomic mass is 16.6. The molecule has 2 amide bonds. The molecule has 1 fully saturated rings. The molecule has 1 aromatic carbocycles. The second-order valence-corrected chi connectivity index (χ2v) is 17.7. The second kappa shape index (κ2) is 22.8. The van der Waals surface area contributed by atoms with Gasteiger partial charge in [0.25, 0.3) is 5.91 Å². The normalized spacial score (nSPS) is 14.8. The molecule has 7 aromatic rings. The summed E-state index contributed by atoms with van der Waals surface area (Å²) >= 11 is 0. The van der Waals surface area contributed by atoms with E-state index in [2.05, 4.69) is 68.6 Å². The number of hydrogen-bond donors (Lipinski definition) is 5. The van der Waals surface area contributed by atoms with E-state index >= 15 is 0 Å². The molecule has 72 heavy (non-hydrogen) atoms. The molecule has 0 atom stereocenters. The number of carbonyl (C=O) groups is 2. The molecule has 7 N–H and O–H groups in total. The monoisotopic (exact) mass is 981 g/mol. The van der Waals surface area contributed by atoms with E-state index in [1.54, 1.807) is 6.20 Å². The number of anilines is 4. The molecule has 0 saturated carbocycles. The van der Waals surface area contributed by atoms with Gasteiger partial charge < -0.3 is 60.7 Å². The number of ether oxygens (including phenoxy) is 4. The average molecular weight is 982 g/mol. The number of fused-ring (bicyclic) bond motifs is 4. The smallest absolute Gasteiger partial charge is 0.256 e. The fraction of sp³-hybridized carbons (Fsp3) is 0.429. The van der Waals surface area contributed by atoms with Crippen LogP contribution in [-0.4, -0.2) is 165 Å². The van der Waals surface area contributed by atoms with Gasteiger partial charge in [-0.05, 0) is 35.2 Å². The number of H-pyrrole nitrogens is 1. The Labute approximate surface area is 415 Å². The molecule has 0 unspecified atom stereocenters. The van der Waals surface area contributed by atoms with Crippen molar-refractivity contribution in [2.45, 2.75) is 38.9 Å². The maximum absolute atomic E-state index is 13.1. The Morgan fingerprint density at radius 2 is 1.47 bits per heavy atom. The summed E-state index contributed by atoms with van der Waals surface area (Å²) in [6, 6.07) is 10.4. The largest absolute Gasteiger partial charge is 0.383 e. The van der Waals surface area contributed by atoms with Gasteiger partial charge in [0, 0.05) is 107 Å². The van der Waals surface area contributed by atoms with Gasteiger partial charge in [-0.15, -0.1) is 0 Å². The van der Waals surface area contributed by atoms with Crippen molar-refractivity contribution < 1.29 is 28.5 Å². The molecule has 3 aliphatic heterocycles.